The minimum absolute atomic E-state index is 0.00817. The average molecular weight is 468 g/mol. The Labute approximate surface area is 199 Å². The molecular formula is C26H30FN3O4. The van der Waals surface area contributed by atoms with Gasteiger partial charge in [0, 0.05) is 31.6 Å². The molecule has 2 aliphatic rings. The maximum atomic E-state index is 13.6. The number of benzene rings is 2. The number of carbonyl (C=O) groups excluding carboxylic acids is 2. The van der Waals surface area contributed by atoms with Crippen LogP contribution in [0.25, 0.3) is 0 Å². The Hall–Kier alpha value is -3.26. The first-order chi connectivity index (χ1) is 16.5. The first-order valence-electron chi connectivity index (χ1n) is 11.6. The summed E-state index contributed by atoms with van der Waals surface area (Å²) in [4.78, 5) is 28.0. The van der Waals surface area contributed by atoms with Crippen LogP contribution in [0.15, 0.2) is 53.6 Å². The fourth-order valence-electron chi connectivity index (χ4n) is 4.28. The highest BCUT2D eigenvalue weighted by Gasteiger charge is 2.36. The molecular weight excluding hydrogens is 437 g/mol. The third kappa shape index (κ3) is 5.28. The highest BCUT2D eigenvalue weighted by molar-refractivity contribution is 6.03. The summed E-state index contributed by atoms with van der Waals surface area (Å²) in [6, 6.07) is 13.2. The lowest BCUT2D eigenvalue weighted by Crippen LogP contribution is -2.46. The number of halogens is 1. The molecule has 2 aromatic rings. The average Bonchev–Trinajstić information content (AvgIpc) is 3.26. The van der Waals surface area contributed by atoms with Gasteiger partial charge in [-0.05, 0) is 42.7 Å². The van der Waals surface area contributed by atoms with Crippen molar-refractivity contribution in [2.75, 3.05) is 33.9 Å². The van der Waals surface area contributed by atoms with Crippen LogP contribution < -0.4 is 4.74 Å². The Morgan fingerprint density at radius 3 is 2.56 bits per heavy atom. The summed E-state index contributed by atoms with van der Waals surface area (Å²) in [7, 11) is 3.17. The Morgan fingerprint density at radius 1 is 1.15 bits per heavy atom. The molecule has 0 radical (unpaired) electrons. The van der Waals surface area contributed by atoms with Gasteiger partial charge < -0.3 is 14.4 Å². The SMILES string of the molecule is COCCN(CC(=O)N1N=C(c2cccc(OC)c2)C[C@@H]1c1ccc(F)cc1)C(=O)C1CCC1. The Balaban J connectivity index is 1.60. The minimum atomic E-state index is -0.391. The van der Waals surface area contributed by atoms with Crippen LogP contribution in [-0.2, 0) is 14.3 Å². The fraction of sp³-hybridized carbons (Fsp3) is 0.423. The monoisotopic (exact) mass is 467 g/mol. The smallest absolute Gasteiger partial charge is 0.262 e. The molecule has 2 amide bonds. The lowest BCUT2D eigenvalue weighted by molar-refractivity contribution is -0.146. The lowest BCUT2D eigenvalue weighted by atomic mass is 9.84. The quantitative estimate of drug-likeness (QED) is 0.563. The van der Waals surface area contributed by atoms with Gasteiger partial charge in [-0.15, -0.1) is 0 Å². The number of hydrazone groups is 1. The van der Waals surface area contributed by atoms with E-state index in [1.165, 1.54) is 17.1 Å². The molecule has 8 heteroatoms. The maximum Gasteiger partial charge on any atom is 0.262 e. The van der Waals surface area contributed by atoms with E-state index in [0.29, 0.717) is 25.3 Å². The van der Waals surface area contributed by atoms with Crippen LogP contribution in [0.2, 0.25) is 0 Å². The molecule has 1 aliphatic carbocycles. The van der Waals surface area contributed by atoms with Crippen molar-refractivity contribution in [1.82, 2.24) is 9.91 Å². The van der Waals surface area contributed by atoms with Crippen LogP contribution in [0, 0.1) is 11.7 Å². The zero-order valence-corrected chi connectivity index (χ0v) is 19.6. The molecule has 1 atom stereocenters. The molecule has 0 N–H and O–H groups in total. The van der Waals surface area contributed by atoms with Crippen LogP contribution in [0.4, 0.5) is 4.39 Å². The minimum Gasteiger partial charge on any atom is -0.497 e. The number of carbonyl (C=O) groups is 2. The summed E-state index contributed by atoms with van der Waals surface area (Å²) in [5, 5.41) is 6.11. The molecule has 1 aliphatic heterocycles. The third-order valence-corrected chi connectivity index (χ3v) is 6.48. The highest BCUT2D eigenvalue weighted by atomic mass is 19.1. The highest BCUT2D eigenvalue weighted by Crippen LogP contribution is 2.34. The van der Waals surface area contributed by atoms with Crippen molar-refractivity contribution < 1.29 is 23.5 Å². The number of nitrogens with zero attached hydrogens (tertiary/aromatic N) is 3. The van der Waals surface area contributed by atoms with Crippen molar-refractivity contribution in [2.24, 2.45) is 11.0 Å². The Bertz CT molecular complexity index is 1050. The maximum absolute atomic E-state index is 13.6. The van der Waals surface area contributed by atoms with Crippen molar-refractivity contribution in [1.29, 1.82) is 0 Å². The lowest BCUT2D eigenvalue weighted by Gasteiger charge is -2.32. The first kappa shape index (κ1) is 23.9. The standard InChI is InChI=1S/C26H30FN3O4/c1-33-14-13-29(26(32)19-5-3-6-19)17-25(31)30-24(18-9-11-21(27)12-10-18)16-23(28-30)20-7-4-8-22(15-20)34-2/h4,7-12,15,19,24H,3,5-6,13-14,16-17H2,1-2H3/t24-/m1/s1. The van der Waals surface area contributed by atoms with Crippen molar-refractivity contribution in [3.63, 3.8) is 0 Å². The number of methoxy groups -OCH3 is 2. The first-order valence-corrected chi connectivity index (χ1v) is 11.6. The number of hydrogen-bond donors (Lipinski definition) is 0. The molecule has 7 nitrogen and oxygen atoms in total. The summed E-state index contributed by atoms with van der Waals surface area (Å²) in [5.74, 6) is 0.0414. The van der Waals surface area contributed by atoms with Gasteiger partial charge in [0.25, 0.3) is 5.91 Å². The molecule has 0 unspecified atom stereocenters. The molecule has 2 aromatic carbocycles. The molecule has 0 aromatic heterocycles. The summed E-state index contributed by atoms with van der Waals surface area (Å²) in [6.07, 6.45) is 3.22. The van der Waals surface area contributed by atoms with Gasteiger partial charge in [0.05, 0.1) is 25.5 Å². The number of rotatable bonds is 9. The normalized spacial score (nSPS) is 17.8. The van der Waals surface area contributed by atoms with Gasteiger partial charge in [0.2, 0.25) is 5.91 Å². The Morgan fingerprint density at radius 2 is 1.91 bits per heavy atom. The zero-order chi connectivity index (χ0) is 24.1. The van der Waals surface area contributed by atoms with Gasteiger partial charge in [-0.1, -0.05) is 30.7 Å². The van der Waals surface area contributed by atoms with Gasteiger partial charge in [-0.3, -0.25) is 9.59 Å². The molecule has 1 fully saturated rings. The second-order valence-corrected chi connectivity index (χ2v) is 8.67. The molecule has 180 valence electrons. The predicted molar refractivity (Wildman–Crippen MR) is 126 cm³/mol. The van der Waals surface area contributed by atoms with E-state index in [4.69, 9.17) is 9.47 Å². The van der Waals surface area contributed by atoms with Gasteiger partial charge in [0.15, 0.2) is 0 Å². The second-order valence-electron chi connectivity index (χ2n) is 8.67. The summed E-state index contributed by atoms with van der Waals surface area (Å²) < 4.78 is 24.1. The number of hydrogen-bond acceptors (Lipinski definition) is 5. The van der Waals surface area contributed by atoms with Crippen LogP contribution >= 0.6 is 0 Å². The largest absolute Gasteiger partial charge is 0.497 e. The molecule has 0 spiro atoms. The molecule has 4 rings (SSSR count). The fourth-order valence-corrected chi connectivity index (χ4v) is 4.28. The summed E-state index contributed by atoms with van der Waals surface area (Å²) >= 11 is 0. The topological polar surface area (TPSA) is 71.4 Å². The van der Waals surface area contributed by atoms with E-state index in [0.717, 1.165) is 36.1 Å². The van der Waals surface area contributed by atoms with Crippen molar-refractivity contribution in [3.8, 4) is 5.75 Å². The second kappa shape index (κ2) is 10.8. The van der Waals surface area contributed by atoms with Crippen molar-refractivity contribution >= 4 is 17.5 Å². The van der Waals surface area contributed by atoms with Crippen LogP contribution in [0.3, 0.4) is 0 Å². The van der Waals surface area contributed by atoms with E-state index in [-0.39, 0.29) is 30.1 Å². The molecule has 1 saturated carbocycles. The van der Waals surface area contributed by atoms with E-state index < -0.39 is 6.04 Å². The Kier molecular flexibility index (Phi) is 7.57. The van der Waals surface area contributed by atoms with Crippen molar-refractivity contribution in [2.45, 2.75) is 31.7 Å². The zero-order valence-electron chi connectivity index (χ0n) is 19.6. The number of ether oxygens (including phenoxy) is 2. The summed E-state index contributed by atoms with van der Waals surface area (Å²) in [5.41, 5.74) is 2.36. The van der Waals surface area contributed by atoms with Crippen molar-refractivity contribution in [3.05, 3.63) is 65.5 Å². The van der Waals surface area contributed by atoms with Gasteiger partial charge in [-0.2, -0.15) is 5.10 Å². The van der Waals surface area contributed by atoms with Crippen LogP contribution in [-0.4, -0.2) is 61.4 Å². The van der Waals surface area contributed by atoms with E-state index >= 15 is 0 Å². The van der Waals surface area contributed by atoms with Gasteiger partial charge >= 0.3 is 0 Å². The van der Waals surface area contributed by atoms with Crippen LogP contribution in [0.5, 0.6) is 5.75 Å². The van der Waals surface area contributed by atoms with E-state index in [1.54, 1.807) is 31.3 Å². The molecule has 0 bridgehead atoms. The predicted octanol–water partition coefficient (Wildman–Crippen LogP) is 3.79. The molecule has 0 saturated heterocycles. The van der Waals surface area contributed by atoms with E-state index in [9.17, 15) is 14.0 Å². The number of amides is 2. The third-order valence-electron chi connectivity index (χ3n) is 6.48. The van der Waals surface area contributed by atoms with E-state index in [1.807, 2.05) is 24.3 Å². The van der Waals surface area contributed by atoms with Gasteiger partial charge in [-0.25, -0.2) is 9.40 Å². The van der Waals surface area contributed by atoms with Crippen LogP contribution in [0.1, 0.15) is 42.9 Å². The van der Waals surface area contributed by atoms with E-state index in [2.05, 4.69) is 5.10 Å². The molecule has 34 heavy (non-hydrogen) atoms. The summed E-state index contributed by atoms with van der Waals surface area (Å²) in [6.45, 7) is 0.621. The van der Waals surface area contributed by atoms with Gasteiger partial charge in [0.1, 0.15) is 18.1 Å². The molecule has 1 heterocycles.